The Kier molecular flexibility index (Phi) is 5.43. The number of benzene rings is 2. The van der Waals surface area contributed by atoms with Crippen LogP contribution in [0.3, 0.4) is 0 Å². The van der Waals surface area contributed by atoms with Gasteiger partial charge in [0.2, 0.25) is 0 Å². The molecular weight excluding hydrogens is 322 g/mol. The smallest absolute Gasteiger partial charge is 0.133 e. The number of nitrogens with zero attached hydrogens (tertiary/aromatic N) is 1. The molecule has 0 bridgehead atoms. The summed E-state index contributed by atoms with van der Waals surface area (Å²) >= 11 is 3.41. The number of rotatable bonds is 6. The molecule has 5 heteroatoms. The number of ether oxygens (including phenoxy) is 2. The highest BCUT2D eigenvalue weighted by atomic mass is 79.9. The first-order valence-electron chi connectivity index (χ1n) is 6.07. The van der Waals surface area contributed by atoms with Crippen LogP contribution in [0.25, 0.3) is 0 Å². The van der Waals surface area contributed by atoms with Gasteiger partial charge >= 0.3 is 0 Å². The van der Waals surface area contributed by atoms with Gasteiger partial charge in [-0.3, -0.25) is 0 Å². The summed E-state index contributed by atoms with van der Waals surface area (Å²) in [4.78, 5) is 0. The summed E-state index contributed by atoms with van der Waals surface area (Å²) in [6.45, 7) is 0.914. The lowest BCUT2D eigenvalue weighted by Gasteiger charge is -2.10. The Morgan fingerprint density at radius 3 is 2.50 bits per heavy atom. The molecule has 0 aliphatic heterocycles. The second-order valence-corrected chi connectivity index (χ2v) is 4.80. The van der Waals surface area contributed by atoms with E-state index in [0.29, 0.717) is 13.2 Å². The summed E-state index contributed by atoms with van der Waals surface area (Å²) in [7, 11) is 0. The van der Waals surface area contributed by atoms with Gasteiger partial charge in [-0.05, 0) is 51.8 Å². The quantitative estimate of drug-likeness (QED) is 0.379. The van der Waals surface area contributed by atoms with Crippen molar-refractivity contribution in [3.63, 3.8) is 0 Å². The third-order valence-electron chi connectivity index (χ3n) is 2.52. The van der Waals surface area contributed by atoms with Crippen molar-refractivity contribution >= 4 is 22.1 Å². The highest BCUT2D eigenvalue weighted by Crippen LogP contribution is 2.25. The zero-order chi connectivity index (χ0) is 14.2. The van der Waals surface area contributed by atoms with Gasteiger partial charge < -0.3 is 14.7 Å². The van der Waals surface area contributed by atoms with Gasteiger partial charge in [0.25, 0.3) is 0 Å². The zero-order valence-corrected chi connectivity index (χ0v) is 12.3. The number of oxime groups is 1. The van der Waals surface area contributed by atoms with Crippen molar-refractivity contribution in [1.29, 1.82) is 0 Å². The fourth-order valence-electron chi connectivity index (χ4n) is 1.61. The summed E-state index contributed by atoms with van der Waals surface area (Å²) in [5.41, 5.74) is 0.785. The Bertz CT molecular complexity index is 573. The number of hydrogen-bond donors (Lipinski definition) is 1. The SMILES string of the molecule is ON=Cc1ccc(OCCOc2ccccc2)c(Br)c1. The van der Waals surface area contributed by atoms with Crippen LogP contribution in [-0.4, -0.2) is 24.6 Å². The van der Waals surface area contributed by atoms with Crippen LogP contribution in [0.5, 0.6) is 11.5 Å². The lowest BCUT2D eigenvalue weighted by Crippen LogP contribution is -2.09. The molecule has 0 unspecified atom stereocenters. The van der Waals surface area contributed by atoms with Crippen LogP contribution in [-0.2, 0) is 0 Å². The number of halogens is 1. The van der Waals surface area contributed by atoms with Crippen LogP contribution in [0.15, 0.2) is 58.2 Å². The van der Waals surface area contributed by atoms with Crippen molar-refractivity contribution in [2.45, 2.75) is 0 Å². The maximum absolute atomic E-state index is 8.47. The fourth-order valence-corrected chi connectivity index (χ4v) is 2.12. The highest BCUT2D eigenvalue weighted by Gasteiger charge is 2.02. The molecule has 2 aromatic rings. The van der Waals surface area contributed by atoms with Gasteiger partial charge in [-0.2, -0.15) is 0 Å². The maximum atomic E-state index is 8.47. The Labute approximate surface area is 125 Å². The summed E-state index contributed by atoms with van der Waals surface area (Å²) < 4.78 is 11.9. The van der Waals surface area contributed by atoms with E-state index < -0.39 is 0 Å². The number of para-hydroxylation sites is 1. The molecular formula is C15H14BrNO3. The lowest BCUT2D eigenvalue weighted by molar-refractivity contribution is 0.216. The molecule has 0 radical (unpaired) electrons. The van der Waals surface area contributed by atoms with Crippen molar-refractivity contribution in [2.75, 3.05) is 13.2 Å². The van der Waals surface area contributed by atoms with Crippen molar-refractivity contribution in [2.24, 2.45) is 5.16 Å². The van der Waals surface area contributed by atoms with Crippen LogP contribution in [0.4, 0.5) is 0 Å². The van der Waals surface area contributed by atoms with E-state index in [1.165, 1.54) is 6.21 Å². The minimum Gasteiger partial charge on any atom is -0.490 e. The van der Waals surface area contributed by atoms with E-state index in [9.17, 15) is 0 Å². The van der Waals surface area contributed by atoms with Crippen molar-refractivity contribution in [3.8, 4) is 11.5 Å². The van der Waals surface area contributed by atoms with Gasteiger partial charge in [0.15, 0.2) is 0 Å². The fraction of sp³-hybridized carbons (Fsp3) is 0.133. The number of hydrogen-bond acceptors (Lipinski definition) is 4. The average molecular weight is 336 g/mol. The van der Waals surface area contributed by atoms with E-state index in [4.69, 9.17) is 14.7 Å². The molecule has 104 valence electrons. The molecule has 0 saturated heterocycles. The van der Waals surface area contributed by atoms with Gasteiger partial charge in [-0.25, -0.2) is 0 Å². The van der Waals surface area contributed by atoms with Crippen LogP contribution < -0.4 is 9.47 Å². The molecule has 0 saturated carbocycles. The third kappa shape index (κ3) is 4.28. The molecule has 0 aliphatic rings. The molecule has 0 amide bonds. The highest BCUT2D eigenvalue weighted by molar-refractivity contribution is 9.10. The molecule has 0 aliphatic carbocycles. The molecule has 1 N–H and O–H groups in total. The molecule has 20 heavy (non-hydrogen) atoms. The molecule has 4 nitrogen and oxygen atoms in total. The van der Waals surface area contributed by atoms with Crippen LogP contribution >= 0.6 is 15.9 Å². The van der Waals surface area contributed by atoms with Crippen molar-refractivity contribution in [1.82, 2.24) is 0 Å². The standard InChI is InChI=1S/C15H14BrNO3/c16-14-10-12(11-17-18)6-7-15(14)20-9-8-19-13-4-2-1-3-5-13/h1-7,10-11,18H,8-9H2. The normalized spacial score (nSPS) is 10.7. The minimum absolute atomic E-state index is 0.445. The summed E-state index contributed by atoms with van der Waals surface area (Å²) in [6, 6.07) is 15.0. The monoisotopic (exact) mass is 335 g/mol. The first kappa shape index (κ1) is 14.4. The van der Waals surface area contributed by atoms with Gasteiger partial charge in [0, 0.05) is 0 Å². The topological polar surface area (TPSA) is 51.1 Å². The molecule has 0 spiro atoms. The largest absolute Gasteiger partial charge is 0.490 e. The molecule has 0 fully saturated rings. The first-order chi connectivity index (χ1) is 9.79. The Hall–Kier alpha value is -2.01. The summed E-state index contributed by atoms with van der Waals surface area (Å²) in [5, 5.41) is 11.4. The van der Waals surface area contributed by atoms with E-state index >= 15 is 0 Å². The van der Waals surface area contributed by atoms with Crippen LogP contribution in [0.1, 0.15) is 5.56 Å². The van der Waals surface area contributed by atoms with E-state index in [2.05, 4.69) is 21.1 Å². The average Bonchev–Trinajstić information content (AvgIpc) is 2.47. The molecule has 2 aromatic carbocycles. The van der Waals surface area contributed by atoms with E-state index in [0.717, 1.165) is 21.5 Å². The lowest BCUT2D eigenvalue weighted by atomic mass is 10.2. The van der Waals surface area contributed by atoms with Gasteiger partial charge in [-0.1, -0.05) is 23.4 Å². The molecule has 0 atom stereocenters. The molecule has 0 heterocycles. The Balaban J connectivity index is 1.82. The second-order valence-electron chi connectivity index (χ2n) is 3.94. The second kappa shape index (κ2) is 7.55. The van der Waals surface area contributed by atoms with Gasteiger partial charge in [0.05, 0.1) is 10.7 Å². The van der Waals surface area contributed by atoms with E-state index in [1.54, 1.807) is 6.07 Å². The van der Waals surface area contributed by atoms with Gasteiger partial charge in [-0.15, -0.1) is 0 Å². The van der Waals surface area contributed by atoms with Crippen molar-refractivity contribution in [3.05, 3.63) is 58.6 Å². The molecule has 2 rings (SSSR count). The molecule has 0 aromatic heterocycles. The first-order valence-corrected chi connectivity index (χ1v) is 6.86. The summed E-state index contributed by atoms with van der Waals surface area (Å²) in [5.74, 6) is 1.54. The summed E-state index contributed by atoms with van der Waals surface area (Å²) in [6.07, 6.45) is 1.35. The predicted octanol–water partition coefficient (Wildman–Crippen LogP) is 3.72. The van der Waals surface area contributed by atoms with Crippen LogP contribution in [0.2, 0.25) is 0 Å². The van der Waals surface area contributed by atoms with Crippen LogP contribution in [0, 0.1) is 0 Å². The Morgan fingerprint density at radius 1 is 1.05 bits per heavy atom. The van der Waals surface area contributed by atoms with E-state index in [1.807, 2.05) is 42.5 Å². The maximum Gasteiger partial charge on any atom is 0.133 e. The Morgan fingerprint density at radius 2 is 1.80 bits per heavy atom. The van der Waals surface area contributed by atoms with Crippen molar-refractivity contribution < 1.29 is 14.7 Å². The minimum atomic E-state index is 0.445. The van der Waals surface area contributed by atoms with Gasteiger partial charge in [0.1, 0.15) is 24.7 Å². The van der Waals surface area contributed by atoms with E-state index in [-0.39, 0.29) is 0 Å². The third-order valence-corrected chi connectivity index (χ3v) is 3.14. The zero-order valence-electron chi connectivity index (χ0n) is 10.7. The predicted molar refractivity (Wildman–Crippen MR) is 81.0 cm³/mol.